The molecule has 0 nitrogen and oxygen atoms in total. The first-order valence-electron chi connectivity index (χ1n) is 7.85. The highest BCUT2D eigenvalue weighted by atomic mass is 127. The predicted octanol–water partition coefficient (Wildman–Crippen LogP) is 7.51. The molecule has 5 aromatic rings. The van der Waals surface area contributed by atoms with Gasteiger partial charge < -0.3 is 0 Å². The van der Waals surface area contributed by atoms with Crippen LogP contribution in [0.25, 0.3) is 43.1 Å². The summed E-state index contributed by atoms with van der Waals surface area (Å²) in [5.74, 6) is 0. The fourth-order valence-corrected chi connectivity index (χ4v) is 5.16. The summed E-state index contributed by atoms with van der Waals surface area (Å²) in [6.45, 7) is 0. The maximum Gasteiger partial charge on any atom is 0.0349 e. The molecule has 0 aliphatic rings. The van der Waals surface area contributed by atoms with Gasteiger partial charge in [-0.15, -0.1) is 0 Å². The second-order valence-corrected chi connectivity index (χ2v) is 8.20. The van der Waals surface area contributed by atoms with E-state index in [1.807, 2.05) is 0 Å². The molecule has 0 saturated carbocycles. The van der Waals surface area contributed by atoms with Gasteiger partial charge in [0.15, 0.2) is 0 Å². The zero-order valence-electron chi connectivity index (χ0n) is 12.7. The molecule has 0 spiro atoms. The summed E-state index contributed by atoms with van der Waals surface area (Å²) in [4.78, 5) is 0. The molecule has 0 bridgehead atoms. The lowest BCUT2D eigenvalue weighted by atomic mass is 9.93. The summed E-state index contributed by atoms with van der Waals surface area (Å²) in [5, 5.41) is 10.7. The van der Waals surface area contributed by atoms with Gasteiger partial charge in [-0.3, -0.25) is 0 Å². The first kappa shape index (κ1) is 14.9. The van der Waals surface area contributed by atoms with Crippen LogP contribution in [-0.4, -0.2) is 0 Å². The lowest BCUT2D eigenvalue weighted by Crippen LogP contribution is -1.90. The van der Waals surface area contributed by atoms with Crippen molar-refractivity contribution in [1.29, 1.82) is 0 Å². The van der Waals surface area contributed by atoms with E-state index >= 15 is 0 Å². The van der Waals surface area contributed by atoms with Crippen molar-refractivity contribution in [2.45, 2.75) is 0 Å². The predicted molar refractivity (Wildman–Crippen MR) is 122 cm³/mol. The van der Waals surface area contributed by atoms with Gasteiger partial charge in [0.25, 0.3) is 0 Å². The van der Waals surface area contributed by atoms with Crippen molar-refractivity contribution in [1.82, 2.24) is 0 Å². The van der Waals surface area contributed by atoms with Crippen LogP contribution in [0.15, 0.2) is 72.8 Å². The van der Waals surface area contributed by atoms with Crippen LogP contribution < -0.4 is 0 Å². The summed E-state index contributed by atoms with van der Waals surface area (Å²) in [6.07, 6.45) is 0. The summed E-state index contributed by atoms with van der Waals surface area (Å²) < 4.78 is 2.69. The molecule has 24 heavy (non-hydrogen) atoms. The Morgan fingerprint density at radius 3 is 1.29 bits per heavy atom. The van der Waals surface area contributed by atoms with Gasteiger partial charge in [-0.05, 0) is 88.3 Å². The molecule has 0 heterocycles. The van der Waals surface area contributed by atoms with Gasteiger partial charge >= 0.3 is 0 Å². The van der Waals surface area contributed by atoms with E-state index in [0.29, 0.717) is 0 Å². The minimum atomic E-state index is 1.30. The van der Waals surface area contributed by atoms with E-state index in [2.05, 4.69) is 118 Å². The molecule has 114 valence electrons. The van der Waals surface area contributed by atoms with E-state index in [4.69, 9.17) is 0 Å². The first-order valence-corrected chi connectivity index (χ1v) is 10.0. The van der Waals surface area contributed by atoms with Crippen molar-refractivity contribution in [3.63, 3.8) is 0 Å². The summed E-state index contributed by atoms with van der Waals surface area (Å²) in [7, 11) is 0. The fraction of sp³-hybridized carbons (Fsp3) is 0. The molecule has 2 heteroatoms. The van der Waals surface area contributed by atoms with E-state index in [1.54, 1.807) is 0 Å². The van der Waals surface area contributed by atoms with E-state index < -0.39 is 0 Å². The average Bonchev–Trinajstić information content (AvgIpc) is 2.64. The van der Waals surface area contributed by atoms with Crippen molar-refractivity contribution < 1.29 is 0 Å². The molecule has 0 amide bonds. The normalized spacial score (nSPS) is 11.8. The minimum absolute atomic E-state index is 1.30. The molecule has 0 aliphatic heterocycles. The van der Waals surface area contributed by atoms with Gasteiger partial charge in [0.05, 0.1) is 0 Å². The summed E-state index contributed by atoms with van der Waals surface area (Å²) >= 11 is 5.00. The third kappa shape index (κ3) is 2.02. The van der Waals surface area contributed by atoms with E-state index in [0.717, 1.165) is 0 Å². The Morgan fingerprint density at radius 2 is 0.833 bits per heavy atom. The van der Waals surface area contributed by atoms with Gasteiger partial charge in [-0.25, -0.2) is 0 Å². The molecule has 0 N–H and O–H groups in total. The van der Waals surface area contributed by atoms with E-state index in [-0.39, 0.29) is 0 Å². The number of rotatable bonds is 0. The highest BCUT2D eigenvalue weighted by Gasteiger charge is 2.15. The molecule has 0 fully saturated rings. The van der Waals surface area contributed by atoms with Gasteiger partial charge in [-0.2, -0.15) is 0 Å². The minimum Gasteiger partial charge on any atom is -0.0616 e. The van der Waals surface area contributed by atoms with Crippen LogP contribution in [-0.2, 0) is 0 Å². The molecule has 0 aliphatic carbocycles. The highest BCUT2D eigenvalue weighted by molar-refractivity contribution is 14.1. The van der Waals surface area contributed by atoms with Crippen molar-refractivity contribution in [3.8, 4) is 0 Å². The van der Waals surface area contributed by atoms with Gasteiger partial charge in [-0.1, -0.05) is 72.8 Å². The van der Waals surface area contributed by atoms with E-state index in [1.165, 1.54) is 50.2 Å². The van der Waals surface area contributed by atoms with Crippen LogP contribution in [0.2, 0.25) is 0 Å². The zero-order chi connectivity index (χ0) is 16.3. The average molecular weight is 530 g/mol. The fourth-order valence-electron chi connectivity index (χ4n) is 3.68. The Balaban J connectivity index is 2.24. The topological polar surface area (TPSA) is 0 Å². The standard InChI is InChI=1S/C22H12I2/c23-21-17-11-9-13-5-1-3-7-15(13)19(17)20-16-8-4-2-6-14(16)10-12-18(20)22(21)24/h1-12H. The zero-order valence-corrected chi connectivity index (χ0v) is 17.0. The molecule has 0 atom stereocenters. The van der Waals surface area contributed by atoms with Crippen molar-refractivity contribution >= 4 is 88.3 Å². The number of hydrogen-bond donors (Lipinski definition) is 0. The van der Waals surface area contributed by atoms with Gasteiger partial charge in [0, 0.05) is 7.14 Å². The summed E-state index contributed by atoms with van der Waals surface area (Å²) in [6, 6.07) is 26.5. The number of fused-ring (bicyclic) bond motifs is 7. The number of benzene rings is 5. The second-order valence-electron chi connectivity index (χ2n) is 6.05. The third-order valence-electron chi connectivity index (χ3n) is 4.77. The largest absolute Gasteiger partial charge is 0.0616 e. The SMILES string of the molecule is Ic1c(I)c2ccc3ccccc3c2c2c1ccc1ccccc12. The lowest BCUT2D eigenvalue weighted by Gasteiger charge is -2.14. The third-order valence-corrected chi connectivity index (χ3v) is 8.05. The Labute approximate surface area is 167 Å². The second kappa shape index (κ2) is 5.56. The molecule has 0 saturated heterocycles. The molecular formula is C22H12I2. The Bertz CT molecular complexity index is 1170. The highest BCUT2D eigenvalue weighted by Crippen LogP contribution is 2.41. The van der Waals surface area contributed by atoms with Gasteiger partial charge in [0.1, 0.15) is 0 Å². The molecule has 0 unspecified atom stereocenters. The monoisotopic (exact) mass is 530 g/mol. The molecular weight excluding hydrogens is 518 g/mol. The lowest BCUT2D eigenvalue weighted by molar-refractivity contribution is 1.71. The van der Waals surface area contributed by atoms with Crippen molar-refractivity contribution in [3.05, 3.63) is 79.9 Å². The molecule has 0 radical (unpaired) electrons. The Morgan fingerprint density at radius 1 is 0.417 bits per heavy atom. The van der Waals surface area contributed by atoms with Crippen LogP contribution in [0.4, 0.5) is 0 Å². The maximum absolute atomic E-state index is 2.50. The van der Waals surface area contributed by atoms with Crippen LogP contribution in [0.1, 0.15) is 0 Å². The van der Waals surface area contributed by atoms with Crippen LogP contribution >= 0.6 is 45.2 Å². The molecule has 5 aromatic carbocycles. The smallest absolute Gasteiger partial charge is 0.0349 e. The van der Waals surface area contributed by atoms with E-state index in [9.17, 15) is 0 Å². The maximum atomic E-state index is 2.50. The summed E-state index contributed by atoms with van der Waals surface area (Å²) in [5.41, 5.74) is 0. The molecule has 5 rings (SSSR count). The van der Waals surface area contributed by atoms with Crippen LogP contribution in [0.3, 0.4) is 0 Å². The Hall–Kier alpha value is -1.40. The van der Waals surface area contributed by atoms with Crippen LogP contribution in [0, 0.1) is 7.14 Å². The number of halogens is 2. The van der Waals surface area contributed by atoms with Crippen LogP contribution in [0.5, 0.6) is 0 Å². The number of hydrogen-bond acceptors (Lipinski definition) is 0. The quantitative estimate of drug-likeness (QED) is 0.144. The van der Waals surface area contributed by atoms with Gasteiger partial charge in [0.2, 0.25) is 0 Å². The van der Waals surface area contributed by atoms with Crippen molar-refractivity contribution in [2.75, 3.05) is 0 Å². The molecule has 0 aromatic heterocycles. The first-order chi connectivity index (χ1) is 11.8. The Kier molecular flexibility index (Phi) is 3.45. The van der Waals surface area contributed by atoms with Crippen molar-refractivity contribution in [2.24, 2.45) is 0 Å².